The molecule has 0 aliphatic carbocycles. The number of carbonyl (C=O) groups excluding carboxylic acids is 1. The number of carbonyl (C=O) groups is 1. The van der Waals surface area contributed by atoms with Gasteiger partial charge in [-0.3, -0.25) is 0 Å². The molecular weight excluding hydrogens is 452 g/mol. The summed E-state index contributed by atoms with van der Waals surface area (Å²) in [6, 6.07) is 15.9. The summed E-state index contributed by atoms with van der Waals surface area (Å²) in [6.45, 7) is 11.3. The molecule has 0 unspecified atom stereocenters. The summed E-state index contributed by atoms with van der Waals surface area (Å²) in [5.74, 6) is 0.208. The normalized spacial score (nSPS) is 11.8. The van der Waals surface area contributed by atoms with E-state index in [9.17, 15) is 14.7 Å². The van der Waals surface area contributed by atoms with Crippen LogP contribution in [0, 0.1) is 0 Å². The first-order chi connectivity index (χ1) is 15.8. The van der Waals surface area contributed by atoms with Crippen LogP contribution in [0.2, 0.25) is 0 Å². The number of esters is 1. The second kappa shape index (κ2) is 9.97. The third kappa shape index (κ3) is 6.67. The Bertz CT molecular complexity index is 1220. The molecule has 7 heteroatoms. The highest BCUT2D eigenvalue weighted by molar-refractivity contribution is 7.99. The minimum atomic E-state index is -0.617. The number of hydrogen-bond donors (Lipinski definition) is 1. The van der Waals surface area contributed by atoms with Crippen LogP contribution in [0.1, 0.15) is 47.1 Å². The summed E-state index contributed by atoms with van der Waals surface area (Å²) in [6.07, 6.45) is 0. The van der Waals surface area contributed by atoms with Crippen LogP contribution in [0.15, 0.2) is 73.6 Å². The monoisotopic (exact) mass is 482 g/mol. The second-order valence-corrected chi connectivity index (χ2v) is 10.9. The molecule has 0 aliphatic heterocycles. The standard InChI is InChI=1S/C27H30O6S/c1-26(2,3)19-14-18(31-16-23(29)33-27(4,5)6)12-13-22(19)34-24-20(28)15-21(32-25(24)30)17-10-8-7-9-11-17/h7-15,28H,16H2,1-6H3. The summed E-state index contributed by atoms with van der Waals surface area (Å²) in [7, 11) is 0. The number of aromatic hydroxyl groups is 1. The molecule has 3 aromatic rings. The highest BCUT2D eigenvalue weighted by Crippen LogP contribution is 2.40. The molecule has 0 radical (unpaired) electrons. The topological polar surface area (TPSA) is 86.0 Å². The molecule has 180 valence electrons. The van der Waals surface area contributed by atoms with Gasteiger partial charge >= 0.3 is 11.6 Å². The number of hydrogen-bond acceptors (Lipinski definition) is 7. The van der Waals surface area contributed by atoms with E-state index in [0.29, 0.717) is 17.1 Å². The van der Waals surface area contributed by atoms with Crippen LogP contribution in [0.5, 0.6) is 11.5 Å². The van der Waals surface area contributed by atoms with Crippen LogP contribution in [-0.4, -0.2) is 23.3 Å². The fourth-order valence-electron chi connectivity index (χ4n) is 3.21. The third-order valence-electron chi connectivity index (χ3n) is 4.69. The Morgan fingerprint density at radius 1 is 1.00 bits per heavy atom. The Morgan fingerprint density at radius 2 is 1.68 bits per heavy atom. The highest BCUT2D eigenvalue weighted by atomic mass is 32.2. The van der Waals surface area contributed by atoms with E-state index in [4.69, 9.17) is 13.9 Å². The van der Waals surface area contributed by atoms with Crippen molar-refractivity contribution < 1.29 is 23.8 Å². The van der Waals surface area contributed by atoms with Crippen molar-refractivity contribution in [2.24, 2.45) is 0 Å². The first-order valence-electron chi connectivity index (χ1n) is 10.9. The fourth-order valence-corrected chi connectivity index (χ4v) is 4.33. The Balaban J connectivity index is 1.87. The quantitative estimate of drug-likeness (QED) is 0.420. The molecule has 0 amide bonds. The lowest BCUT2D eigenvalue weighted by Crippen LogP contribution is -2.27. The van der Waals surface area contributed by atoms with E-state index < -0.39 is 17.2 Å². The molecule has 6 nitrogen and oxygen atoms in total. The molecule has 0 atom stereocenters. The van der Waals surface area contributed by atoms with E-state index in [1.165, 1.54) is 6.07 Å². The zero-order valence-electron chi connectivity index (χ0n) is 20.3. The van der Waals surface area contributed by atoms with Crippen molar-refractivity contribution in [3.63, 3.8) is 0 Å². The Morgan fingerprint density at radius 3 is 2.26 bits per heavy atom. The summed E-state index contributed by atoms with van der Waals surface area (Å²) >= 11 is 1.14. The van der Waals surface area contributed by atoms with Crippen molar-refractivity contribution in [1.82, 2.24) is 0 Å². The van der Waals surface area contributed by atoms with Gasteiger partial charge in [-0.15, -0.1) is 0 Å². The SMILES string of the molecule is CC(C)(C)OC(=O)COc1ccc(Sc2c(O)cc(-c3ccccc3)oc2=O)c(C(C)(C)C)c1. The Labute approximate surface area is 203 Å². The predicted molar refractivity (Wildman–Crippen MR) is 133 cm³/mol. The zero-order valence-corrected chi connectivity index (χ0v) is 21.1. The summed E-state index contributed by atoms with van der Waals surface area (Å²) in [4.78, 5) is 25.6. The average molecular weight is 483 g/mol. The van der Waals surface area contributed by atoms with Crippen LogP contribution >= 0.6 is 11.8 Å². The Hall–Kier alpha value is -3.19. The van der Waals surface area contributed by atoms with Gasteiger partial charge in [0.15, 0.2) is 6.61 Å². The largest absolute Gasteiger partial charge is 0.506 e. The van der Waals surface area contributed by atoms with Crippen molar-refractivity contribution in [1.29, 1.82) is 0 Å². The molecule has 1 N–H and O–H groups in total. The van der Waals surface area contributed by atoms with E-state index in [-0.39, 0.29) is 22.7 Å². The van der Waals surface area contributed by atoms with Gasteiger partial charge in [-0.05, 0) is 49.9 Å². The minimum Gasteiger partial charge on any atom is -0.506 e. The number of benzene rings is 2. The van der Waals surface area contributed by atoms with Crippen LogP contribution in [-0.2, 0) is 14.9 Å². The van der Waals surface area contributed by atoms with E-state index >= 15 is 0 Å². The van der Waals surface area contributed by atoms with Crippen LogP contribution in [0.25, 0.3) is 11.3 Å². The van der Waals surface area contributed by atoms with Gasteiger partial charge in [0.1, 0.15) is 27.8 Å². The van der Waals surface area contributed by atoms with Gasteiger partial charge < -0.3 is 19.0 Å². The lowest BCUT2D eigenvalue weighted by Gasteiger charge is -2.24. The zero-order chi connectivity index (χ0) is 25.1. The summed E-state index contributed by atoms with van der Waals surface area (Å²) < 4.78 is 16.4. The van der Waals surface area contributed by atoms with Crippen LogP contribution in [0.3, 0.4) is 0 Å². The van der Waals surface area contributed by atoms with E-state index in [1.54, 1.807) is 45.0 Å². The molecule has 0 spiro atoms. The molecule has 1 aromatic heterocycles. The predicted octanol–water partition coefficient (Wildman–Crippen LogP) is 6.18. The first-order valence-corrected chi connectivity index (χ1v) is 11.7. The van der Waals surface area contributed by atoms with Gasteiger partial charge in [0.2, 0.25) is 0 Å². The lowest BCUT2D eigenvalue weighted by atomic mass is 9.87. The van der Waals surface area contributed by atoms with Crippen LogP contribution < -0.4 is 10.4 Å². The van der Waals surface area contributed by atoms with E-state index in [1.807, 2.05) is 45.0 Å². The average Bonchev–Trinajstić information content (AvgIpc) is 2.74. The van der Waals surface area contributed by atoms with Gasteiger partial charge in [-0.25, -0.2) is 9.59 Å². The molecule has 0 fully saturated rings. The smallest absolute Gasteiger partial charge is 0.354 e. The summed E-state index contributed by atoms with van der Waals surface area (Å²) in [5, 5.41) is 10.6. The van der Waals surface area contributed by atoms with E-state index in [0.717, 1.165) is 22.2 Å². The third-order valence-corrected chi connectivity index (χ3v) is 5.85. The van der Waals surface area contributed by atoms with Gasteiger partial charge in [0.05, 0.1) is 0 Å². The molecular formula is C27H30O6S. The first kappa shape index (κ1) is 25.4. The van der Waals surface area contributed by atoms with Gasteiger partial charge in [-0.1, -0.05) is 62.9 Å². The summed E-state index contributed by atoms with van der Waals surface area (Å²) in [5.41, 5.74) is 0.0942. The van der Waals surface area contributed by atoms with Gasteiger partial charge in [-0.2, -0.15) is 0 Å². The maximum absolute atomic E-state index is 12.7. The van der Waals surface area contributed by atoms with E-state index in [2.05, 4.69) is 0 Å². The molecule has 0 aliphatic rings. The van der Waals surface area contributed by atoms with Crippen molar-refractivity contribution in [3.8, 4) is 22.8 Å². The van der Waals surface area contributed by atoms with Crippen molar-refractivity contribution in [3.05, 3.63) is 70.6 Å². The fraction of sp³-hybridized carbons (Fsp3) is 0.333. The Kier molecular flexibility index (Phi) is 7.46. The van der Waals surface area contributed by atoms with Gasteiger partial charge in [0.25, 0.3) is 0 Å². The van der Waals surface area contributed by atoms with Crippen LogP contribution in [0.4, 0.5) is 0 Å². The molecule has 1 heterocycles. The molecule has 3 rings (SSSR count). The maximum Gasteiger partial charge on any atom is 0.354 e. The molecule has 0 bridgehead atoms. The maximum atomic E-state index is 12.7. The van der Waals surface area contributed by atoms with Crippen molar-refractivity contribution in [2.75, 3.05) is 6.61 Å². The number of ether oxygens (including phenoxy) is 2. The second-order valence-electron chi connectivity index (χ2n) is 9.86. The minimum absolute atomic E-state index is 0.104. The molecule has 0 saturated carbocycles. The molecule has 0 saturated heterocycles. The number of rotatable bonds is 6. The van der Waals surface area contributed by atoms with Crippen molar-refractivity contribution >= 4 is 17.7 Å². The molecule has 34 heavy (non-hydrogen) atoms. The van der Waals surface area contributed by atoms with Crippen molar-refractivity contribution in [2.45, 2.75) is 62.3 Å². The van der Waals surface area contributed by atoms with Gasteiger partial charge in [0, 0.05) is 16.5 Å². The highest BCUT2D eigenvalue weighted by Gasteiger charge is 2.23. The lowest BCUT2D eigenvalue weighted by molar-refractivity contribution is -0.157. The molecule has 2 aromatic carbocycles.